The van der Waals surface area contributed by atoms with E-state index in [0.29, 0.717) is 0 Å². The average Bonchev–Trinajstić information content (AvgIpc) is 2.79. The van der Waals surface area contributed by atoms with E-state index < -0.39 is 0 Å². The van der Waals surface area contributed by atoms with Crippen LogP contribution in [0.4, 0.5) is 0 Å². The molecule has 18 heavy (non-hydrogen) atoms. The molecule has 3 heteroatoms. The van der Waals surface area contributed by atoms with E-state index in [2.05, 4.69) is 11.9 Å². The van der Waals surface area contributed by atoms with E-state index in [1.54, 1.807) is 12.5 Å². The first-order valence-corrected chi connectivity index (χ1v) is 7.40. The van der Waals surface area contributed by atoms with E-state index >= 15 is 0 Å². The Morgan fingerprint density at radius 3 is 2.28 bits per heavy atom. The number of hydrogen-bond donors (Lipinski definition) is 1. The van der Waals surface area contributed by atoms with Gasteiger partial charge in [-0.05, 0) is 6.42 Å². The van der Waals surface area contributed by atoms with Crippen LogP contribution in [0.15, 0.2) is 12.5 Å². The van der Waals surface area contributed by atoms with Gasteiger partial charge in [0.15, 0.2) is 0 Å². The SMILES string of the molecule is CCCCCCCCCCC(O)c1cncn1C. The summed E-state index contributed by atoms with van der Waals surface area (Å²) in [6.07, 6.45) is 14.5. The van der Waals surface area contributed by atoms with Crippen molar-refractivity contribution >= 4 is 0 Å². The van der Waals surface area contributed by atoms with Crippen LogP contribution in [0.25, 0.3) is 0 Å². The van der Waals surface area contributed by atoms with Crippen molar-refractivity contribution in [2.75, 3.05) is 0 Å². The first-order chi connectivity index (χ1) is 8.75. The van der Waals surface area contributed by atoms with Crippen molar-refractivity contribution in [1.29, 1.82) is 0 Å². The third-order valence-electron chi connectivity index (χ3n) is 3.53. The molecule has 0 aliphatic rings. The minimum atomic E-state index is -0.349. The van der Waals surface area contributed by atoms with Gasteiger partial charge in [0.05, 0.1) is 24.3 Å². The Morgan fingerprint density at radius 2 is 1.72 bits per heavy atom. The second kappa shape index (κ2) is 9.15. The number of rotatable bonds is 10. The highest BCUT2D eigenvalue weighted by Crippen LogP contribution is 2.19. The molecule has 0 fully saturated rings. The van der Waals surface area contributed by atoms with Gasteiger partial charge in [-0.1, -0.05) is 58.3 Å². The Bertz CT molecular complexity index is 309. The number of hydrogen-bond acceptors (Lipinski definition) is 2. The Morgan fingerprint density at radius 1 is 1.11 bits per heavy atom. The highest BCUT2D eigenvalue weighted by molar-refractivity contribution is 5.01. The summed E-state index contributed by atoms with van der Waals surface area (Å²) >= 11 is 0. The van der Waals surface area contributed by atoms with Crippen LogP contribution in [0, 0.1) is 0 Å². The predicted molar refractivity (Wildman–Crippen MR) is 75.4 cm³/mol. The Balaban J connectivity index is 1.99. The fraction of sp³-hybridized carbons (Fsp3) is 0.800. The Labute approximate surface area is 111 Å². The van der Waals surface area contributed by atoms with Crippen molar-refractivity contribution in [3.05, 3.63) is 18.2 Å². The smallest absolute Gasteiger partial charge is 0.0955 e. The number of nitrogens with zero attached hydrogens (tertiary/aromatic N) is 2. The highest BCUT2D eigenvalue weighted by Gasteiger charge is 2.10. The predicted octanol–water partition coefficient (Wildman–Crippen LogP) is 3.98. The van der Waals surface area contributed by atoms with E-state index in [4.69, 9.17) is 0 Å². The number of aromatic nitrogens is 2. The molecule has 1 aromatic heterocycles. The molecule has 1 rings (SSSR count). The molecule has 3 nitrogen and oxygen atoms in total. The summed E-state index contributed by atoms with van der Waals surface area (Å²) in [5.74, 6) is 0. The molecule has 0 aliphatic carbocycles. The van der Waals surface area contributed by atoms with E-state index in [-0.39, 0.29) is 6.10 Å². The number of aliphatic hydroxyl groups excluding tert-OH is 1. The third-order valence-corrected chi connectivity index (χ3v) is 3.53. The largest absolute Gasteiger partial charge is 0.387 e. The molecule has 0 radical (unpaired) electrons. The monoisotopic (exact) mass is 252 g/mol. The van der Waals surface area contributed by atoms with Crippen LogP contribution in [0.1, 0.15) is 76.5 Å². The lowest BCUT2D eigenvalue weighted by molar-refractivity contribution is 0.155. The molecule has 1 N–H and O–H groups in total. The molecule has 0 amide bonds. The van der Waals surface area contributed by atoms with Crippen LogP contribution in [0.3, 0.4) is 0 Å². The maximum Gasteiger partial charge on any atom is 0.0955 e. The first kappa shape index (κ1) is 15.2. The van der Waals surface area contributed by atoms with Crippen molar-refractivity contribution in [3.63, 3.8) is 0 Å². The molecule has 0 aromatic carbocycles. The summed E-state index contributed by atoms with van der Waals surface area (Å²) in [5.41, 5.74) is 0.929. The molecular weight excluding hydrogens is 224 g/mol. The van der Waals surface area contributed by atoms with Gasteiger partial charge < -0.3 is 9.67 Å². The van der Waals surface area contributed by atoms with Crippen LogP contribution >= 0.6 is 0 Å². The van der Waals surface area contributed by atoms with Crippen molar-refractivity contribution in [2.24, 2.45) is 7.05 Å². The van der Waals surface area contributed by atoms with E-state index in [0.717, 1.165) is 18.5 Å². The van der Waals surface area contributed by atoms with E-state index in [1.807, 2.05) is 11.6 Å². The molecular formula is C15H28N2O. The summed E-state index contributed by atoms with van der Waals surface area (Å²) in [5, 5.41) is 10.0. The lowest BCUT2D eigenvalue weighted by Crippen LogP contribution is -2.03. The summed E-state index contributed by atoms with van der Waals surface area (Å²) in [7, 11) is 1.93. The Kier molecular flexibility index (Phi) is 7.74. The summed E-state index contributed by atoms with van der Waals surface area (Å²) in [6.45, 7) is 2.25. The van der Waals surface area contributed by atoms with Gasteiger partial charge in [-0.3, -0.25) is 0 Å². The zero-order valence-electron chi connectivity index (χ0n) is 11.9. The fourth-order valence-electron chi connectivity index (χ4n) is 2.31. The standard InChI is InChI=1S/C15H28N2O/c1-3-4-5-6-7-8-9-10-11-15(18)14-12-16-13-17(14)2/h12-13,15,18H,3-11H2,1-2H3. The Hall–Kier alpha value is -0.830. The van der Waals surface area contributed by atoms with Crippen molar-refractivity contribution < 1.29 is 5.11 Å². The van der Waals surface area contributed by atoms with Gasteiger partial charge in [-0.15, -0.1) is 0 Å². The lowest BCUT2D eigenvalue weighted by atomic mass is 10.0. The zero-order chi connectivity index (χ0) is 13.2. The summed E-state index contributed by atoms with van der Waals surface area (Å²) in [6, 6.07) is 0. The fourth-order valence-corrected chi connectivity index (χ4v) is 2.31. The maximum atomic E-state index is 10.0. The number of aryl methyl sites for hydroxylation is 1. The van der Waals surface area contributed by atoms with Crippen LogP contribution in [0.2, 0.25) is 0 Å². The van der Waals surface area contributed by atoms with Crippen LogP contribution < -0.4 is 0 Å². The molecule has 1 aromatic rings. The first-order valence-electron chi connectivity index (χ1n) is 7.40. The molecule has 0 aliphatic heterocycles. The van der Waals surface area contributed by atoms with Gasteiger partial charge in [-0.25, -0.2) is 4.98 Å². The lowest BCUT2D eigenvalue weighted by Gasteiger charge is -2.10. The molecule has 104 valence electrons. The molecule has 0 saturated carbocycles. The summed E-state index contributed by atoms with van der Waals surface area (Å²) < 4.78 is 1.90. The van der Waals surface area contributed by atoms with Gasteiger partial charge in [0, 0.05) is 7.05 Å². The normalized spacial score (nSPS) is 12.8. The van der Waals surface area contributed by atoms with Crippen molar-refractivity contribution in [3.8, 4) is 0 Å². The molecule has 0 bridgehead atoms. The second-order valence-electron chi connectivity index (χ2n) is 5.21. The minimum Gasteiger partial charge on any atom is -0.387 e. The van der Waals surface area contributed by atoms with Crippen molar-refractivity contribution in [1.82, 2.24) is 9.55 Å². The van der Waals surface area contributed by atoms with Gasteiger partial charge in [0.25, 0.3) is 0 Å². The van der Waals surface area contributed by atoms with Gasteiger partial charge in [0.2, 0.25) is 0 Å². The topological polar surface area (TPSA) is 38.1 Å². The van der Waals surface area contributed by atoms with Crippen LogP contribution in [-0.4, -0.2) is 14.7 Å². The third kappa shape index (κ3) is 5.67. The average molecular weight is 252 g/mol. The molecule has 1 heterocycles. The zero-order valence-corrected chi connectivity index (χ0v) is 11.9. The molecule has 0 saturated heterocycles. The minimum absolute atomic E-state index is 0.349. The maximum absolute atomic E-state index is 10.0. The van der Waals surface area contributed by atoms with E-state index in [1.165, 1.54) is 44.9 Å². The number of aliphatic hydroxyl groups is 1. The second-order valence-corrected chi connectivity index (χ2v) is 5.21. The quantitative estimate of drug-likeness (QED) is 0.639. The molecule has 1 unspecified atom stereocenters. The van der Waals surface area contributed by atoms with Crippen LogP contribution in [0.5, 0.6) is 0 Å². The van der Waals surface area contributed by atoms with Crippen LogP contribution in [-0.2, 0) is 7.05 Å². The van der Waals surface area contributed by atoms with Crippen molar-refractivity contribution in [2.45, 2.75) is 70.8 Å². The summed E-state index contributed by atoms with van der Waals surface area (Å²) in [4.78, 5) is 4.03. The van der Waals surface area contributed by atoms with Gasteiger partial charge in [0.1, 0.15) is 0 Å². The van der Waals surface area contributed by atoms with Gasteiger partial charge in [-0.2, -0.15) is 0 Å². The highest BCUT2D eigenvalue weighted by atomic mass is 16.3. The molecule has 0 spiro atoms. The van der Waals surface area contributed by atoms with Gasteiger partial charge >= 0.3 is 0 Å². The number of unbranched alkanes of at least 4 members (excludes halogenated alkanes) is 7. The molecule has 1 atom stereocenters. The van der Waals surface area contributed by atoms with E-state index in [9.17, 15) is 5.11 Å². The number of imidazole rings is 1.